The van der Waals surface area contributed by atoms with Crippen LogP contribution in [0, 0.1) is 11.8 Å². The molecule has 126 valence electrons. The molecule has 1 unspecified atom stereocenters. The third kappa shape index (κ3) is 2.97. The van der Waals surface area contributed by atoms with E-state index in [0.29, 0.717) is 19.6 Å². The molecule has 3 atom stereocenters. The van der Waals surface area contributed by atoms with E-state index in [4.69, 9.17) is 0 Å². The SMILES string of the molecule is CC(C)C1C(=O)NCCN1C(=O)[C@H]1CNC[C@@H]1c1cnn(C)c1. The van der Waals surface area contributed by atoms with Gasteiger partial charge in [-0.1, -0.05) is 13.8 Å². The highest BCUT2D eigenvalue weighted by Gasteiger charge is 2.42. The van der Waals surface area contributed by atoms with Gasteiger partial charge in [-0.15, -0.1) is 0 Å². The zero-order valence-corrected chi connectivity index (χ0v) is 14.0. The minimum absolute atomic E-state index is 0.0384. The molecule has 0 bridgehead atoms. The molecule has 1 aromatic heterocycles. The van der Waals surface area contributed by atoms with Crippen LogP contribution >= 0.6 is 0 Å². The van der Waals surface area contributed by atoms with Crippen molar-refractivity contribution in [1.29, 1.82) is 0 Å². The number of amides is 2. The first-order valence-electron chi connectivity index (χ1n) is 8.26. The van der Waals surface area contributed by atoms with Crippen LogP contribution in [0.2, 0.25) is 0 Å². The molecule has 0 saturated carbocycles. The molecule has 2 amide bonds. The van der Waals surface area contributed by atoms with E-state index in [1.165, 1.54) is 0 Å². The summed E-state index contributed by atoms with van der Waals surface area (Å²) in [6.07, 6.45) is 3.81. The highest BCUT2D eigenvalue weighted by Crippen LogP contribution is 2.30. The van der Waals surface area contributed by atoms with E-state index in [1.54, 1.807) is 9.58 Å². The lowest BCUT2D eigenvalue weighted by Crippen LogP contribution is -2.60. The Bertz CT molecular complexity index is 597. The second kappa shape index (κ2) is 6.31. The van der Waals surface area contributed by atoms with E-state index in [2.05, 4.69) is 15.7 Å². The van der Waals surface area contributed by atoms with E-state index >= 15 is 0 Å². The van der Waals surface area contributed by atoms with Crippen molar-refractivity contribution in [3.8, 4) is 0 Å². The van der Waals surface area contributed by atoms with Crippen LogP contribution < -0.4 is 10.6 Å². The number of rotatable bonds is 3. The van der Waals surface area contributed by atoms with Crippen molar-refractivity contribution in [2.24, 2.45) is 18.9 Å². The smallest absolute Gasteiger partial charge is 0.243 e. The Balaban J connectivity index is 1.81. The number of hydrogen-bond acceptors (Lipinski definition) is 4. The Morgan fingerprint density at radius 2 is 2.17 bits per heavy atom. The number of aryl methyl sites for hydroxylation is 1. The molecule has 2 N–H and O–H groups in total. The summed E-state index contributed by atoms with van der Waals surface area (Å²) < 4.78 is 1.76. The molecule has 2 aliphatic rings. The maximum atomic E-state index is 13.1. The summed E-state index contributed by atoms with van der Waals surface area (Å²) in [5.74, 6) is 0.131. The summed E-state index contributed by atoms with van der Waals surface area (Å²) in [5.41, 5.74) is 1.08. The summed E-state index contributed by atoms with van der Waals surface area (Å²) in [5, 5.41) is 10.4. The molecule has 2 aliphatic heterocycles. The standard InChI is InChI=1S/C16H25N5O2/c1-10(2)14-15(22)18-4-5-21(14)16(23)13-8-17-7-12(13)11-6-19-20(3)9-11/h6,9-10,12-14,17H,4-5,7-8H2,1-3H3,(H,18,22)/t12-,13+,14?/m1/s1. The molecule has 0 radical (unpaired) electrons. The molecule has 23 heavy (non-hydrogen) atoms. The molecule has 7 heteroatoms. The molecule has 0 aromatic carbocycles. The average molecular weight is 319 g/mol. The van der Waals surface area contributed by atoms with Gasteiger partial charge < -0.3 is 15.5 Å². The molecule has 2 saturated heterocycles. The molecule has 1 aromatic rings. The van der Waals surface area contributed by atoms with Crippen LogP contribution in [0.15, 0.2) is 12.4 Å². The Morgan fingerprint density at radius 1 is 1.39 bits per heavy atom. The summed E-state index contributed by atoms with van der Waals surface area (Å²) in [6, 6.07) is -0.369. The predicted octanol–water partition coefficient (Wildman–Crippen LogP) is -0.294. The average Bonchev–Trinajstić information content (AvgIpc) is 3.14. The van der Waals surface area contributed by atoms with Gasteiger partial charge in [-0.25, -0.2) is 0 Å². The first-order valence-corrected chi connectivity index (χ1v) is 8.26. The lowest BCUT2D eigenvalue weighted by molar-refractivity contribution is -0.147. The summed E-state index contributed by atoms with van der Waals surface area (Å²) in [4.78, 5) is 27.1. The minimum Gasteiger partial charge on any atom is -0.353 e. The monoisotopic (exact) mass is 319 g/mol. The Kier molecular flexibility index (Phi) is 4.39. The van der Waals surface area contributed by atoms with Crippen LogP contribution in [-0.4, -0.2) is 58.7 Å². The predicted molar refractivity (Wildman–Crippen MR) is 85.7 cm³/mol. The molecule has 7 nitrogen and oxygen atoms in total. The van der Waals surface area contributed by atoms with Gasteiger partial charge in [0.2, 0.25) is 11.8 Å². The summed E-state index contributed by atoms with van der Waals surface area (Å²) >= 11 is 0. The number of piperazine rings is 1. The van der Waals surface area contributed by atoms with Gasteiger partial charge in [0, 0.05) is 45.3 Å². The zero-order valence-electron chi connectivity index (χ0n) is 14.0. The van der Waals surface area contributed by atoms with Gasteiger partial charge in [0.25, 0.3) is 0 Å². The van der Waals surface area contributed by atoms with E-state index < -0.39 is 0 Å². The van der Waals surface area contributed by atoms with Crippen LogP contribution in [0.5, 0.6) is 0 Å². The topological polar surface area (TPSA) is 79.3 Å². The van der Waals surface area contributed by atoms with Crippen LogP contribution in [0.25, 0.3) is 0 Å². The van der Waals surface area contributed by atoms with Crippen LogP contribution in [0.4, 0.5) is 0 Å². The van der Waals surface area contributed by atoms with E-state index in [1.807, 2.05) is 33.3 Å². The quantitative estimate of drug-likeness (QED) is 0.802. The minimum atomic E-state index is -0.369. The van der Waals surface area contributed by atoms with Gasteiger partial charge >= 0.3 is 0 Å². The zero-order chi connectivity index (χ0) is 16.6. The molecule has 3 rings (SSSR count). The van der Waals surface area contributed by atoms with Crippen molar-refractivity contribution in [2.45, 2.75) is 25.8 Å². The fourth-order valence-electron chi connectivity index (χ4n) is 3.73. The molecular weight excluding hydrogens is 294 g/mol. The second-order valence-corrected chi connectivity index (χ2v) is 6.83. The van der Waals surface area contributed by atoms with Gasteiger partial charge in [0.15, 0.2) is 0 Å². The van der Waals surface area contributed by atoms with E-state index in [9.17, 15) is 9.59 Å². The number of aromatic nitrogens is 2. The maximum absolute atomic E-state index is 13.1. The Labute approximate surface area is 136 Å². The number of nitrogens with one attached hydrogen (secondary N) is 2. The lowest BCUT2D eigenvalue weighted by atomic mass is 9.88. The lowest BCUT2D eigenvalue weighted by Gasteiger charge is -2.39. The van der Waals surface area contributed by atoms with Gasteiger partial charge in [-0.05, 0) is 11.5 Å². The second-order valence-electron chi connectivity index (χ2n) is 6.83. The third-order valence-electron chi connectivity index (χ3n) is 4.86. The largest absolute Gasteiger partial charge is 0.353 e. The first kappa shape index (κ1) is 16.0. The van der Waals surface area contributed by atoms with E-state index in [-0.39, 0.29) is 35.6 Å². The number of hydrogen-bond donors (Lipinski definition) is 2. The fraction of sp³-hybridized carbons (Fsp3) is 0.688. The van der Waals surface area contributed by atoms with Crippen molar-refractivity contribution in [3.63, 3.8) is 0 Å². The Hall–Kier alpha value is -1.89. The van der Waals surface area contributed by atoms with Crippen molar-refractivity contribution in [3.05, 3.63) is 18.0 Å². The number of nitrogens with zero attached hydrogens (tertiary/aromatic N) is 3. The third-order valence-corrected chi connectivity index (χ3v) is 4.86. The normalized spacial score (nSPS) is 28.3. The van der Waals surface area contributed by atoms with Crippen molar-refractivity contribution < 1.29 is 9.59 Å². The number of carbonyl (C=O) groups is 2. The molecule has 2 fully saturated rings. The highest BCUT2D eigenvalue weighted by atomic mass is 16.2. The van der Waals surface area contributed by atoms with Gasteiger partial charge in [-0.3, -0.25) is 14.3 Å². The molecule has 0 aliphatic carbocycles. The maximum Gasteiger partial charge on any atom is 0.243 e. The van der Waals surface area contributed by atoms with E-state index in [0.717, 1.165) is 12.1 Å². The van der Waals surface area contributed by atoms with Gasteiger partial charge in [-0.2, -0.15) is 5.10 Å². The molecular formula is C16H25N5O2. The van der Waals surface area contributed by atoms with Crippen molar-refractivity contribution in [2.75, 3.05) is 26.2 Å². The van der Waals surface area contributed by atoms with Crippen LogP contribution in [0.1, 0.15) is 25.3 Å². The van der Waals surface area contributed by atoms with Gasteiger partial charge in [0.1, 0.15) is 6.04 Å². The highest BCUT2D eigenvalue weighted by molar-refractivity contribution is 5.90. The summed E-state index contributed by atoms with van der Waals surface area (Å²) in [7, 11) is 1.88. The number of carbonyl (C=O) groups excluding carboxylic acids is 2. The fourth-order valence-corrected chi connectivity index (χ4v) is 3.73. The van der Waals surface area contributed by atoms with Crippen molar-refractivity contribution in [1.82, 2.24) is 25.3 Å². The first-order chi connectivity index (χ1) is 11.0. The van der Waals surface area contributed by atoms with Crippen LogP contribution in [0.3, 0.4) is 0 Å². The molecule has 0 spiro atoms. The van der Waals surface area contributed by atoms with Crippen LogP contribution in [-0.2, 0) is 16.6 Å². The Morgan fingerprint density at radius 3 is 2.83 bits per heavy atom. The van der Waals surface area contributed by atoms with Crippen molar-refractivity contribution >= 4 is 11.8 Å². The molecule has 3 heterocycles. The summed E-state index contributed by atoms with van der Waals surface area (Å²) in [6.45, 7) is 6.52. The van der Waals surface area contributed by atoms with Gasteiger partial charge in [0.05, 0.1) is 12.1 Å².